The van der Waals surface area contributed by atoms with Crippen molar-refractivity contribution in [1.82, 2.24) is 14.5 Å². The number of anilines is 1. The summed E-state index contributed by atoms with van der Waals surface area (Å²) >= 11 is 7.61. The van der Waals surface area contributed by atoms with Crippen molar-refractivity contribution in [3.8, 4) is 0 Å². The fourth-order valence-electron chi connectivity index (χ4n) is 3.65. The molecule has 35 heavy (non-hydrogen) atoms. The first kappa shape index (κ1) is 24.6. The molecule has 0 saturated carbocycles. The standard InChI is InChI=1S/C26H24ClFN4O2S/c1-2-13-32(26(34)19-9-3-4-10-20(19)27)15-18-8-7-14-31(18)16-24-29-23(17-35-24)25(33)30-22-12-6-5-11-21(22)28/h3-12,14,17H,2,13,15-16H2,1H3,(H,30,33). The minimum Gasteiger partial charge on any atom is -0.343 e. The number of hydrogen-bond acceptors (Lipinski definition) is 4. The lowest BCUT2D eigenvalue weighted by Gasteiger charge is -2.23. The third-order valence-corrected chi connectivity index (χ3v) is 6.54. The van der Waals surface area contributed by atoms with Crippen molar-refractivity contribution in [2.45, 2.75) is 26.4 Å². The van der Waals surface area contributed by atoms with E-state index >= 15 is 0 Å². The maximum atomic E-state index is 13.8. The largest absolute Gasteiger partial charge is 0.343 e. The van der Waals surface area contributed by atoms with Gasteiger partial charge in [-0.05, 0) is 42.8 Å². The van der Waals surface area contributed by atoms with Crippen LogP contribution < -0.4 is 5.32 Å². The molecule has 0 aliphatic rings. The summed E-state index contributed by atoms with van der Waals surface area (Å²) < 4.78 is 15.8. The topological polar surface area (TPSA) is 67.2 Å². The van der Waals surface area contributed by atoms with Crippen molar-refractivity contribution in [2.75, 3.05) is 11.9 Å². The highest BCUT2D eigenvalue weighted by molar-refractivity contribution is 7.09. The Kier molecular flexibility index (Phi) is 7.94. The van der Waals surface area contributed by atoms with Gasteiger partial charge in [0.1, 0.15) is 16.5 Å². The average Bonchev–Trinajstić information content (AvgIpc) is 3.50. The normalized spacial score (nSPS) is 10.8. The Morgan fingerprint density at radius 1 is 1.11 bits per heavy atom. The quantitative estimate of drug-likeness (QED) is 0.296. The summed E-state index contributed by atoms with van der Waals surface area (Å²) in [6.45, 7) is 3.47. The molecule has 0 aliphatic carbocycles. The Balaban J connectivity index is 1.46. The van der Waals surface area contributed by atoms with Crippen molar-refractivity contribution in [1.29, 1.82) is 0 Å². The Hall–Kier alpha value is -3.49. The van der Waals surface area contributed by atoms with Crippen LogP contribution in [0.2, 0.25) is 5.02 Å². The molecule has 9 heteroatoms. The van der Waals surface area contributed by atoms with Gasteiger partial charge in [-0.1, -0.05) is 42.8 Å². The third-order valence-electron chi connectivity index (χ3n) is 5.37. The zero-order valence-corrected chi connectivity index (χ0v) is 20.7. The minimum atomic E-state index is -0.503. The highest BCUT2D eigenvalue weighted by atomic mass is 35.5. The summed E-state index contributed by atoms with van der Waals surface area (Å²) in [5.41, 5.74) is 1.75. The van der Waals surface area contributed by atoms with E-state index in [1.165, 1.54) is 23.5 Å². The Morgan fingerprint density at radius 2 is 1.89 bits per heavy atom. The summed E-state index contributed by atoms with van der Waals surface area (Å²) in [4.78, 5) is 31.9. The lowest BCUT2D eigenvalue weighted by Crippen LogP contribution is -2.32. The fourth-order valence-corrected chi connectivity index (χ4v) is 4.64. The Labute approximate surface area is 212 Å². The van der Waals surface area contributed by atoms with Crippen LogP contribution in [0.5, 0.6) is 0 Å². The number of halogens is 2. The van der Waals surface area contributed by atoms with E-state index in [2.05, 4.69) is 10.3 Å². The zero-order valence-electron chi connectivity index (χ0n) is 19.1. The number of hydrogen-bond donors (Lipinski definition) is 1. The van der Waals surface area contributed by atoms with Crippen LogP contribution in [0.3, 0.4) is 0 Å². The minimum absolute atomic E-state index is 0.110. The molecule has 0 saturated heterocycles. The number of nitrogens with one attached hydrogen (secondary N) is 1. The van der Waals surface area contributed by atoms with Gasteiger partial charge < -0.3 is 14.8 Å². The fraction of sp³-hybridized carbons (Fsp3) is 0.192. The van der Waals surface area contributed by atoms with Crippen LogP contribution >= 0.6 is 22.9 Å². The van der Waals surface area contributed by atoms with Gasteiger partial charge in [-0.25, -0.2) is 9.37 Å². The number of nitrogens with zero attached hydrogens (tertiary/aromatic N) is 3. The van der Waals surface area contributed by atoms with E-state index in [1.807, 2.05) is 29.8 Å². The second kappa shape index (κ2) is 11.3. The molecule has 4 rings (SSSR count). The molecular weight excluding hydrogens is 487 g/mol. The molecule has 0 unspecified atom stereocenters. The van der Waals surface area contributed by atoms with Crippen LogP contribution in [-0.4, -0.2) is 32.8 Å². The second-order valence-electron chi connectivity index (χ2n) is 7.89. The van der Waals surface area contributed by atoms with Crippen LogP contribution in [-0.2, 0) is 13.1 Å². The molecular formula is C26H24ClFN4O2S. The second-order valence-corrected chi connectivity index (χ2v) is 9.24. The van der Waals surface area contributed by atoms with Crippen LogP contribution in [0.1, 0.15) is 44.9 Å². The lowest BCUT2D eigenvalue weighted by atomic mass is 10.2. The first-order valence-electron chi connectivity index (χ1n) is 11.1. The van der Waals surface area contributed by atoms with Crippen molar-refractivity contribution in [2.24, 2.45) is 0 Å². The number of aromatic nitrogens is 2. The first-order valence-corrected chi connectivity index (χ1v) is 12.4. The van der Waals surface area contributed by atoms with Gasteiger partial charge in [-0.2, -0.15) is 0 Å². The summed E-state index contributed by atoms with van der Waals surface area (Å²) in [6.07, 6.45) is 2.73. The maximum absolute atomic E-state index is 13.8. The number of amides is 2. The highest BCUT2D eigenvalue weighted by Crippen LogP contribution is 2.21. The van der Waals surface area contributed by atoms with Gasteiger partial charge in [0, 0.05) is 23.8 Å². The van der Waals surface area contributed by atoms with E-state index < -0.39 is 11.7 Å². The number of carbonyl (C=O) groups excluding carboxylic acids is 2. The van der Waals surface area contributed by atoms with Crippen molar-refractivity contribution >= 4 is 40.4 Å². The molecule has 4 aromatic rings. The first-order chi connectivity index (χ1) is 17.0. The monoisotopic (exact) mass is 510 g/mol. The number of carbonyl (C=O) groups is 2. The maximum Gasteiger partial charge on any atom is 0.275 e. The van der Waals surface area contributed by atoms with E-state index in [0.717, 1.165) is 17.1 Å². The van der Waals surface area contributed by atoms with Crippen molar-refractivity contribution < 1.29 is 14.0 Å². The molecule has 0 aliphatic heterocycles. The molecule has 2 heterocycles. The molecule has 180 valence electrons. The Bertz CT molecular complexity index is 1340. The van der Waals surface area contributed by atoms with Gasteiger partial charge in [0.15, 0.2) is 0 Å². The van der Waals surface area contributed by atoms with Gasteiger partial charge in [0.25, 0.3) is 11.8 Å². The molecule has 0 bridgehead atoms. The van der Waals surface area contributed by atoms with E-state index in [1.54, 1.807) is 46.7 Å². The van der Waals surface area contributed by atoms with E-state index in [9.17, 15) is 14.0 Å². The molecule has 0 spiro atoms. The van der Waals surface area contributed by atoms with E-state index in [4.69, 9.17) is 11.6 Å². The summed E-state index contributed by atoms with van der Waals surface area (Å²) in [5, 5.41) is 5.35. The molecule has 2 aromatic carbocycles. The molecule has 0 fully saturated rings. The number of thiazole rings is 1. The Morgan fingerprint density at radius 3 is 2.66 bits per heavy atom. The summed E-state index contributed by atoms with van der Waals surface area (Å²) in [5.74, 6) is -1.09. The smallest absolute Gasteiger partial charge is 0.275 e. The van der Waals surface area contributed by atoms with Crippen LogP contribution in [0, 0.1) is 5.82 Å². The molecule has 0 atom stereocenters. The lowest BCUT2D eigenvalue weighted by molar-refractivity contribution is 0.0739. The van der Waals surface area contributed by atoms with Gasteiger partial charge in [-0.3, -0.25) is 9.59 Å². The van der Waals surface area contributed by atoms with Gasteiger partial charge in [0.05, 0.1) is 29.4 Å². The number of para-hydroxylation sites is 1. The predicted octanol–water partition coefficient (Wildman–Crippen LogP) is 6.09. The molecule has 2 aromatic heterocycles. The SMILES string of the molecule is CCCN(Cc1cccn1Cc1nc(C(=O)Nc2ccccc2F)cs1)C(=O)c1ccccc1Cl. The third kappa shape index (κ3) is 5.96. The van der Waals surface area contributed by atoms with Crippen LogP contribution in [0.25, 0.3) is 0 Å². The summed E-state index contributed by atoms with van der Waals surface area (Å²) in [6, 6.07) is 16.9. The highest BCUT2D eigenvalue weighted by Gasteiger charge is 2.20. The van der Waals surface area contributed by atoms with Crippen molar-refractivity contribution in [3.05, 3.63) is 105 Å². The predicted molar refractivity (Wildman–Crippen MR) is 136 cm³/mol. The van der Waals surface area contributed by atoms with Crippen LogP contribution in [0.15, 0.2) is 72.2 Å². The molecule has 1 N–H and O–H groups in total. The van der Waals surface area contributed by atoms with Crippen molar-refractivity contribution in [3.63, 3.8) is 0 Å². The number of rotatable bonds is 9. The number of benzene rings is 2. The molecule has 6 nitrogen and oxygen atoms in total. The zero-order chi connectivity index (χ0) is 24.8. The molecule has 0 radical (unpaired) electrons. The van der Waals surface area contributed by atoms with Gasteiger partial charge in [0.2, 0.25) is 0 Å². The summed E-state index contributed by atoms with van der Waals surface area (Å²) in [7, 11) is 0. The molecule has 2 amide bonds. The van der Waals surface area contributed by atoms with Crippen LogP contribution in [0.4, 0.5) is 10.1 Å². The van der Waals surface area contributed by atoms with E-state index in [0.29, 0.717) is 30.2 Å². The van der Waals surface area contributed by atoms with E-state index in [-0.39, 0.29) is 17.3 Å². The average molecular weight is 511 g/mol. The van der Waals surface area contributed by atoms with Gasteiger partial charge >= 0.3 is 0 Å². The van der Waals surface area contributed by atoms with Gasteiger partial charge in [-0.15, -0.1) is 11.3 Å².